The summed E-state index contributed by atoms with van der Waals surface area (Å²) in [4.78, 5) is 12.0. The van der Waals surface area contributed by atoms with Crippen LogP contribution in [0.3, 0.4) is 0 Å². The van der Waals surface area contributed by atoms with Gasteiger partial charge in [0.25, 0.3) is 0 Å². The third-order valence-corrected chi connectivity index (χ3v) is 5.92. The maximum Gasteiger partial charge on any atom is 0.158 e. The lowest BCUT2D eigenvalue weighted by atomic mass is 9.51. The largest absolute Gasteiger partial charge is 0.395 e. The highest BCUT2D eigenvalue weighted by Gasteiger charge is 2.51. The van der Waals surface area contributed by atoms with E-state index in [1.165, 1.54) is 17.6 Å². The molecule has 0 spiro atoms. The lowest BCUT2D eigenvalue weighted by Gasteiger charge is -2.53. The molecule has 1 saturated carbocycles. The fourth-order valence-corrected chi connectivity index (χ4v) is 4.76. The van der Waals surface area contributed by atoms with Gasteiger partial charge in [0.2, 0.25) is 0 Å². The summed E-state index contributed by atoms with van der Waals surface area (Å²) < 4.78 is 0. The molecule has 1 fully saturated rings. The Balaban J connectivity index is 2.14. The molecule has 0 aromatic heterocycles. The zero-order valence-corrected chi connectivity index (χ0v) is 12.1. The summed E-state index contributed by atoms with van der Waals surface area (Å²) in [6.45, 7) is 4.58. The van der Waals surface area contributed by atoms with Gasteiger partial charge in [0.05, 0.1) is 6.61 Å². The molecule has 2 nitrogen and oxygen atoms in total. The minimum Gasteiger partial charge on any atom is -0.395 e. The van der Waals surface area contributed by atoms with Crippen LogP contribution in [0.4, 0.5) is 0 Å². The molecule has 2 heteroatoms. The molecule has 0 saturated heterocycles. The number of aliphatic hydroxyl groups is 1. The zero-order chi connectivity index (χ0) is 13.7. The van der Waals surface area contributed by atoms with Gasteiger partial charge in [-0.25, -0.2) is 0 Å². The number of rotatable bonds is 1. The maximum absolute atomic E-state index is 12.0. The van der Waals surface area contributed by atoms with Gasteiger partial charge in [-0.3, -0.25) is 4.79 Å². The van der Waals surface area contributed by atoms with E-state index < -0.39 is 0 Å². The van der Waals surface area contributed by atoms with E-state index >= 15 is 0 Å². The Labute approximate surface area is 115 Å². The number of ketones is 1. The second-order valence-electron chi connectivity index (χ2n) is 6.81. The van der Waals surface area contributed by atoms with Gasteiger partial charge in [-0.1, -0.05) is 24.1 Å². The SMILES string of the molecule is CC1=C2CC[C@@]3(CO)CCCC=C3[C@@]2(C)CCC1=O. The van der Waals surface area contributed by atoms with Gasteiger partial charge in [-0.05, 0) is 51.0 Å². The van der Waals surface area contributed by atoms with Gasteiger partial charge in [0.15, 0.2) is 5.78 Å². The number of fused-ring (bicyclic) bond motifs is 3. The van der Waals surface area contributed by atoms with Crippen LogP contribution in [-0.2, 0) is 4.79 Å². The molecular weight excluding hydrogens is 236 g/mol. The van der Waals surface area contributed by atoms with E-state index in [2.05, 4.69) is 13.0 Å². The van der Waals surface area contributed by atoms with E-state index in [1.54, 1.807) is 0 Å². The third-order valence-electron chi connectivity index (χ3n) is 5.92. The molecule has 3 aliphatic rings. The molecule has 0 aromatic carbocycles. The number of hydrogen-bond donors (Lipinski definition) is 1. The van der Waals surface area contributed by atoms with Gasteiger partial charge in [-0.15, -0.1) is 0 Å². The standard InChI is InChI=1S/C17H24O2/c1-12-13-6-10-17(11-18)8-4-3-5-15(17)16(13,2)9-7-14(12)19/h5,18H,3-4,6-11H2,1-2H3/t16-,17+/m0/s1. The van der Waals surface area contributed by atoms with Crippen LogP contribution in [0.25, 0.3) is 0 Å². The lowest BCUT2D eigenvalue weighted by molar-refractivity contribution is -0.116. The Kier molecular flexibility index (Phi) is 2.97. The highest BCUT2D eigenvalue weighted by Crippen LogP contribution is 2.60. The number of carbonyl (C=O) groups excluding carboxylic acids is 1. The van der Waals surface area contributed by atoms with Crippen LogP contribution in [0.15, 0.2) is 22.8 Å². The van der Waals surface area contributed by atoms with E-state index in [0.29, 0.717) is 12.2 Å². The van der Waals surface area contributed by atoms with Crippen molar-refractivity contribution < 1.29 is 9.90 Å². The minimum absolute atomic E-state index is 0.0111. The van der Waals surface area contributed by atoms with Crippen molar-refractivity contribution in [1.82, 2.24) is 0 Å². The summed E-state index contributed by atoms with van der Waals surface area (Å²) in [6, 6.07) is 0. The highest BCUT2D eigenvalue weighted by molar-refractivity contribution is 5.97. The molecule has 0 aromatic rings. The van der Waals surface area contributed by atoms with Gasteiger partial charge in [0, 0.05) is 17.3 Å². The normalized spacial score (nSPS) is 38.7. The summed E-state index contributed by atoms with van der Waals surface area (Å²) in [7, 11) is 0. The molecule has 3 rings (SSSR count). The van der Waals surface area contributed by atoms with Crippen molar-refractivity contribution in [2.24, 2.45) is 10.8 Å². The van der Waals surface area contributed by atoms with Crippen LogP contribution in [0.1, 0.15) is 58.8 Å². The first-order valence-electron chi connectivity index (χ1n) is 7.59. The van der Waals surface area contributed by atoms with E-state index in [4.69, 9.17) is 0 Å². The molecule has 0 unspecified atom stereocenters. The summed E-state index contributed by atoms with van der Waals surface area (Å²) in [5.74, 6) is 0.334. The second kappa shape index (κ2) is 4.31. The molecular formula is C17H24O2. The number of hydrogen-bond acceptors (Lipinski definition) is 2. The first kappa shape index (κ1) is 13.1. The predicted octanol–water partition coefficient (Wildman–Crippen LogP) is 3.55. The molecule has 1 N–H and O–H groups in total. The Morgan fingerprint density at radius 3 is 2.79 bits per heavy atom. The second-order valence-corrected chi connectivity index (χ2v) is 6.81. The zero-order valence-electron chi connectivity index (χ0n) is 12.1. The third kappa shape index (κ3) is 1.69. The van der Waals surface area contributed by atoms with Crippen LogP contribution in [-0.4, -0.2) is 17.5 Å². The topological polar surface area (TPSA) is 37.3 Å². The fourth-order valence-electron chi connectivity index (χ4n) is 4.76. The van der Waals surface area contributed by atoms with Crippen molar-refractivity contribution in [3.63, 3.8) is 0 Å². The van der Waals surface area contributed by atoms with Crippen LogP contribution in [0.5, 0.6) is 0 Å². The summed E-state index contributed by atoms with van der Waals surface area (Å²) in [5, 5.41) is 9.98. The smallest absolute Gasteiger partial charge is 0.158 e. The maximum atomic E-state index is 12.0. The fraction of sp³-hybridized carbons (Fsp3) is 0.706. The number of carbonyl (C=O) groups is 1. The molecule has 0 amide bonds. The van der Waals surface area contributed by atoms with Crippen molar-refractivity contribution >= 4 is 5.78 Å². The van der Waals surface area contributed by atoms with Crippen LogP contribution in [0.2, 0.25) is 0 Å². The van der Waals surface area contributed by atoms with Crippen molar-refractivity contribution in [2.45, 2.75) is 58.8 Å². The quantitative estimate of drug-likeness (QED) is 0.732. The van der Waals surface area contributed by atoms with Crippen molar-refractivity contribution in [2.75, 3.05) is 6.61 Å². The number of allylic oxidation sites excluding steroid dienone is 3. The molecule has 0 radical (unpaired) electrons. The Hall–Kier alpha value is -0.890. The number of Topliss-reactive ketones (excluding diaryl/α,β-unsaturated/α-hetero) is 1. The van der Waals surface area contributed by atoms with E-state index in [-0.39, 0.29) is 17.4 Å². The highest BCUT2D eigenvalue weighted by atomic mass is 16.3. The molecule has 2 atom stereocenters. The average molecular weight is 260 g/mol. The molecule has 104 valence electrons. The van der Waals surface area contributed by atoms with Crippen LogP contribution in [0, 0.1) is 10.8 Å². The Bertz CT molecular complexity index is 485. The molecule has 0 aliphatic heterocycles. The van der Waals surface area contributed by atoms with Crippen LogP contribution < -0.4 is 0 Å². The number of aliphatic hydroxyl groups excluding tert-OH is 1. The first-order chi connectivity index (χ1) is 9.03. The summed E-state index contributed by atoms with van der Waals surface area (Å²) in [6.07, 6.45) is 9.44. The summed E-state index contributed by atoms with van der Waals surface area (Å²) >= 11 is 0. The first-order valence-corrected chi connectivity index (χ1v) is 7.59. The average Bonchev–Trinajstić information content (AvgIpc) is 2.43. The Morgan fingerprint density at radius 2 is 2.05 bits per heavy atom. The molecule has 0 heterocycles. The van der Waals surface area contributed by atoms with Crippen LogP contribution >= 0.6 is 0 Å². The minimum atomic E-state index is 0.0111. The van der Waals surface area contributed by atoms with Crippen molar-refractivity contribution in [3.8, 4) is 0 Å². The molecule has 19 heavy (non-hydrogen) atoms. The van der Waals surface area contributed by atoms with Gasteiger partial charge < -0.3 is 5.11 Å². The van der Waals surface area contributed by atoms with E-state index in [1.807, 2.05) is 6.92 Å². The van der Waals surface area contributed by atoms with Gasteiger partial charge >= 0.3 is 0 Å². The van der Waals surface area contributed by atoms with E-state index in [0.717, 1.165) is 37.7 Å². The van der Waals surface area contributed by atoms with Crippen molar-refractivity contribution in [1.29, 1.82) is 0 Å². The van der Waals surface area contributed by atoms with Gasteiger partial charge in [0.1, 0.15) is 0 Å². The van der Waals surface area contributed by atoms with Crippen molar-refractivity contribution in [3.05, 3.63) is 22.8 Å². The lowest BCUT2D eigenvalue weighted by Crippen LogP contribution is -2.45. The predicted molar refractivity (Wildman–Crippen MR) is 75.7 cm³/mol. The molecule has 0 bridgehead atoms. The Morgan fingerprint density at radius 1 is 1.26 bits per heavy atom. The van der Waals surface area contributed by atoms with E-state index in [9.17, 15) is 9.90 Å². The van der Waals surface area contributed by atoms with Gasteiger partial charge in [-0.2, -0.15) is 0 Å². The monoisotopic (exact) mass is 260 g/mol. The summed E-state index contributed by atoms with van der Waals surface area (Å²) in [5.41, 5.74) is 3.87. The molecule has 3 aliphatic carbocycles.